The Kier molecular flexibility index (Phi) is 9.95. The van der Waals surface area contributed by atoms with Crippen molar-refractivity contribution in [2.24, 2.45) is 5.41 Å². The molecule has 0 fully saturated rings. The molecule has 0 amide bonds. The van der Waals surface area contributed by atoms with Crippen LogP contribution in [0, 0.1) is 15.5 Å². The summed E-state index contributed by atoms with van der Waals surface area (Å²) < 4.78 is 18.4. The van der Waals surface area contributed by atoms with Gasteiger partial charge in [0.1, 0.15) is 23.9 Å². The molecule has 7 heteroatoms. The fourth-order valence-electron chi connectivity index (χ4n) is 5.85. The molecule has 1 unspecified atom stereocenters. The zero-order chi connectivity index (χ0) is 30.9. The lowest BCUT2D eigenvalue weighted by Gasteiger charge is -2.37. The molecule has 1 aliphatic carbocycles. The second-order valence-electron chi connectivity index (χ2n) is 12.2. The molecule has 0 saturated carbocycles. The number of nitro benzene ring substituents is 1. The Labute approximate surface area is 258 Å². The number of benzene rings is 4. The largest absolute Gasteiger partial charge is 0.493 e. The summed E-state index contributed by atoms with van der Waals surface area (Å²) in [6.45, 7) is 5.24. The van der Waals surface area contributed by atoms with Gasteiger partial charge in [0.15, 0.2) is 0 Å². The zero-order valence-electron chi connectivity index (χ0n) is 25.4. The number of nitro groups is 1. The van der Waals surface area contributed by atoms with Gasteiger partial charge in [-0.05, 0) is 78.8 Å². The van der Waals surface area contributed by atoms with E-state index in [0.29, 0.717) is 25.4 Å². The molecule has 0 aromatic heterocycles. The monoisotopic (exact) mass is 593 g/mol. The molecule has 1 aliphatic rings. The highest BCUT2D eigenvalue weighted by molar-refractivity contribution is 5.83. The number of aryl methyl sites for hydroxylation is 1. The predicted molar refractivity (Wildman–Crippen MR) is 170 cm³/mol. The second-order valence-corrected chi connectivity index (χ2v) is 12.2. The maximum Gasteiger partial charge on any atom is 0.318 e. The molecule has 0 saturated heterocycles. The maximum absolute atomic E-state index is 13.7. The van der Waals surface area contributed by atoms with Gasteiger partial charge >= 0.3 is 5.97 Å². The van der Waals surface area contributed by atoms with Crippen LogP contribution in [0.25, 0.3) is 0 Å². The molecule has 0 bridgehead atoms. The lowest BCUT2D eigenvalue weighted by atomic mass is 9.69. The number of fused-ring (bicyclic) bond motifs is 1. The SMILES string of the molecule is CC1(C)Cc2cc(OCCCCCc3ccccc3)cc(OCc3ccccc3)c2C(C(=O)Oc2ccc([N+](=O)[O-])cc2)C1. The number of esters is 1. The van der Waals surface area contributed by atoms with Gasteiger partial charge in [0, 0.05) is 23.8 Å². The van der Waals surface area contributed by atoms with Crippen molar-refractivity contribution in [3.63, 3.8) is 0 Å². The normalized spacial score (nSPS) is 15.2. The number of non-ortho nitro benzene ring substituents is 1. The van der Waals surface area contributed by atoms with Gasteiger partial charge in [0.2, 0.25) is 0 Å². The van der Waals surface area contributed by atoms with E-state index in [2.05, 4.69) is 38.1 Å². The Bertz CT molecular complexity index is 1550. The summed E-state index contributed by atoms with van der Waals surface area (Å²) in [6, 6.07) is 30.0. The number of unbranched alkanes of at least 4 members (excludes halogenated alkanes) is 2. The summed E-state index contributed by atoms with van der Waals surface area (Å²) in [5.74, 6) is 0.636. The van der Waals surface area contributed by atoms with Crippen LogP contribution >= 0.6 is 0 Å². The van der Waals surface area contributed by atoms with Crippen molar-refractivity contribution < 1.29 is 23.9 Å². The fraction of sp³-hybridized carbons (Fsp3) is 0.324. The average molecular weight is 594 g/mol. The standard InChI is InChI=1S/C37H39NO6/c1-37(2)24-29-22-32(42-21-11-5-10-14-27-12-6-3-7-13-27)23-34(43-26-28-15-8-4-9-16-28)35(29)33(25-37)36(39)44-31-19-17-30(18-20-31)38(40)41/h3-4,6-9,12-13,15-20,22-23,33H,5,10-11,14,21,24-26H2,1-2H3. The van der Waals surface area contributed by atoms with Gasteiger partial charge < -0.3 is 14.2 Å². The quantitative estimate of drug-likeness (QED) is 0.0507. The Morgan fingerprint density at radius 3 is 2.20 bits per heavy atom. The van der Waals surface area contributed by atoms with Gasteiger partial charge in [-0.1, -0.05) is 74.5 Å². The minimum absolute atomic E-state index is 0.0609. The van der Waals surface area contributed by atoms with E-state index in [1.807, 2.05) is 48.5 Å². The van der Waals surface area contributed by atoms with E-state index < -0.39 is 16.8 Å². The van der Waals surface area contributed by atoms with Crippen LogP contribution < -0.4 is 14.2 Å². The number of hydrogen-bond acceptors (Lipinski definition) is 6. The highest BCUT2D eigenvalue weighted by atomic mass is 16.6. The second kappa shape index (κ2) is 14.2. The molecule has 0 aliphatic heterocycles. The van der Waals surface area contributed by atoms with E-state index in [1.54, 1.807) is 0 Å². The summed E-state index contributed by atoms with van der Waals surface area (Å²) in [7, 11) is 0. The van der Waals surface area contributed by atoms with Crippen LogP contribution in [0.1, 0.15) is 67.7 Å². The van der Waals surface area contributed by atoms with Gasteiger partial charge in [-0.2, -0.15) is 0 Å². The first-order valence-electron chi connectivity index (χ1n) is 15.2. The summed E-state index contributed by atoms with van der Waals surface area (Å²) in [5, 5.41) is 11.1. The minimum Gasteiger partial charge on any atom is -0.493 e. The third kappa shape index (κ3) is 8.25. The molecule has 0 radical (unpaired) electrons. The van der Waals surface area contributed by atoms with Crippen LogP contribution in [0.3, 0.4) is 0 Å². The van der Waals surface area contributed by atoms with Crippen LogP contribution in [0.15, 0.2) is 97.1 Å². The first-order valence-corrected chi connectivity index (χ1v) is 15.2. The van der Waals surface area contributed by atoms with E-state index in [1.165, 1.54) is 29.8 Å². The molecule has 7 nitrogen and oxygen atoms in total. The molecular weight excluding hydrogens is 554 g/mol. The molecule has 0 heterocycles. The van der Waals surface area contributed by atoms with Crippen molar-refractivity contribution in [1.29, 1.82) is 0 Å². The van der Waals surface area contributed by atoms with Crippen LogP contribution in [0.4, 0.5) is 5.69 Å². The Balaban J connectivity index is 1.34. The average Bonchev–Trinajstić information content (AvgIpc) is 3.01. The van der Waals surface area contributed by atoms with Crippen LogP contribution in [-0.4, -0.2) is 17.5 Å². The van der Waals surface area contributed by atoms with Gasteiger partial charge in [-0.3, -0.25) is 14.9 Å². The first-order chi connectivity index (χ1) is 21.3. The van der Waals surface area contributed by atoms with Crippen molar-refractivity contribution in [2.45, 2.75) is 64.9 Å². The minimum atomic E-state index is -0.568. The topological polar surface area (TPSA) is 87.9 Å². The number of hydrogen-bond donors (Lipinski definition) is 0. The van der Waals surface area contributed by atoms with Gasteiger partial charge in [0.05, 0.1) is 17.4 Å². The lowest BCUT2D eigenvalue weighted by Crippen LogP contribution is -2.32. The van der Waals surface area contributed by atoms with Gasteiger partial charge in [-0.15, -0.1) is 0 Å². The smallest absolute Gasteiger partial charge is 0.318 e. The number of carbonyl (C=O) groups excluding carboxylic acids is 1. The van der Waals surface area contributed by atoms with E-state index in [-0.39, 0.29) is 16.9 Å². The highest BCUT2D eigenvalue weighted by Crippen LogP contribution is 2.48. The van der Waals surface area contributed by atoms with Crippen LogP contribution in [-0.2, 0) is 24.2 Å². The van der Waals surface area contributed by atoms with Crippen molar-refractivity contribution >= 4 is 11.7 Å². The molecule has 228 valence electrons. The maximum atomic E-state index is 13.7. The third-order valence-electron chi connectivity index (χ3n) is 7.98. The Morgan fingerprint density at radius 2 is 1.52 bits per heavy atom. The zero-order valence-corrected chi connectivity index (χ0v) is 25.4. The van der Waals surface area contributed by atoms with Crippen molar-refractivity contribution in [1.82, 2.24) is 0 Å². The van der Waals surface area contributed by atoms with E-state index in [0.717, 1.165) is 54.5 Å². The molecule has 4 aromatic carbocycles. The van der Waals surface area contributed by atoms with Crippen LogP contribution in [0.2, 0.25) is 0 Å². The van der Waals surface area contributed by atoms with Crippen molar-refractivity contribution in [3.8, 4) is 17.2 Å². The fourth-order valence-corrected chi connectivity index (χ4v) is 5.85. The van der Waals surface area contributed by atoms with E-state index in [4.69, 9.17) is 14.2 Å². The van der Waals surface area contributed by atoms with Crippen molar-refractivity contribution in [2.75, 3.05) is 6.61 Å². The molecule has 5 rings (SSSR count). The number of nitrogens with zero attached hydrogens (tertiary/aromatic N) is 1. The van der Waals surface area contributed by atoms with Gasteiger partial charge in [-0.25, -0.2) is 0 Å². The predicted octanol–water partition coefficient (Wildman–Crippen LogP) is 8.63. The summed E-state index contributed by atoms with van der Waals surface area (Å²) in [5.41, 5.74) is 3.98. The van der Waals surface area contributed by atoms with Gasteiger partial charge in [0.25, 0.3) is 5.69 Å². The van der Waals surface area contributed by atoms with Crippen LogP contribution in [0.5, 0.6) is 17.2 Å². The molecular formula is C37H39NO6. The lowest BCUT2D eigenvalue weighted by molar-refractivity contribution is -0.384. The summed E-state index contributed by atoms with van der Waals surface area (Å²) in [4.78, 5) is 24.3. The molecule has 0 N–H and O–H groups in total. The number of rotatable bonds is 13. The number of carbonyl (C=O) groups is 1. The summed E-state index contributed by atoms with van der Waals surface area (Å²) >= 11 is 0. The number of ether oxygens (including phenoxy) is 3. The Hall–Kier alpha value is -4.65. The van der Waals surface area contributed by atoms with Crippen molar-refractivity contribution in [3.05, 3.63) is 129 Å². The summed E-state index contributed by atoms with van der Waals surface area (Å²) in [6.07, 6.45) is 5.52. The van der Waals surface area contributed by atoms with E-state index >= 15 is 0 Å². The molecule has 0 spiro atoms. The van der Waals surface area contributed by atoms with E-state index in [9.17, 15) is 14.9 Å². The first kappa shape index (κ1) is 30.8. The highest BCUT2D eigenvalue weighted by Gasteiger charge is 2.40. The third-order valence-corrected chi connectivity index (χ3v) is 7.98. The molecule has 44 heavy (non-hydrogen) atoms. The Morgan fingerprint density at radius 1 is 0.841 bits per heavy atom. The molecule has 1 atom stereocenters. The molecule has 4 aromatic rings.